The van der Waals surface area contributed by atoms with Gasteiger partial charge >= 0.3 is 0 Å². The fourth-order valence-electron chi connectivity index (χ4n) is 2.37. The summed E-state index contributed by atoms with van der Waals surface area (Å²) in [5.74, 6) is 0.880. The van der Waals surface area contributed by atoms with Crippen molar-refractivity contribution in [2.24, 2.45) is 5.92 Å². The summed E-state index contributed by atoms with van der Waals surface area (Å²) >= 11 is 0. The van der Waals surface area contributed by atoms with Crippen LogP contribution in [0.25, 0.3) is 0 Å². The maximum absolute atomic E-state index is 2.55. The highest BCUT2D eigenvalue weighted by atomic mass is 15.0. The molecule has 88 valence electrons. The summed E-state index contributed by atoms with van der Waals surface area (Å²) in [6.07, 6.45) is 13.7. The minimum absolute atomic E-state index is 0.880. The molecule has 0 aromatic heterocycles. The highest BCUT2D eigenvalue weighted by molar-refractivity contribution is 5.56. The molecule has 0 saturated carbocycles. The minimum atomic E-state index is 0.880. The molecule has 1 nitrogen and oxygen atoms in total. The molecule has 0 aliphatic carbocycles. The third-order valence-electron chi connectivity index (χ3n) is 3.53. The van der Waals surface area contributed by atoms with E-state index in [4.69, 9.17) is 0 Å². The summed E-state index contributed by atoms with van der Waals surface area (Å²) in [7, 11) is 0. The second-order valence-corrected chi connectivity index (χ2v) is 4.91. The van der Waals surface area contributed by atoms with Crippen molar-refractivity contribution in [3.63, 3.8) is 0 Å². The van der Waals surface area contributed by atoms with E-state index in [0.29, 0.717) is 0 Å². The normalized spacial score (nSPS) is 20.7. The van der Waals surface area contributed by atoms with Crippen LogP contribution >= 0.6 is 0 Å². The second kappa shape index (κ2) is 7.90. The van der Waals surface area contributed by atoms with Gasteiger partial charge in [-0.1, -0.05) is 39.5 Å². The first kappa shape index (κ1) is 12.7. The summed E-state index contributed by atoms with van der Waals surface area (Å²) in [6.45, 7) is 7.20. The van der Waals surface area contributed by atoms with E-state index >= 15 is 0 Å². The van der Waals surface area contributed by atoms with Crippen LogP contribution in [-0.2, 0) is 0 Å². The molecular weight excluding hydrogens is 182 g/mol. The molecule has 0 N–H and O–H groups in total. The van der Waals surface area contributed by atoms with E-state index in [9.17, 15) is 0 Å². The topological polar surface area (TPSA) is 3.01 Å². The monoisotopic (exact) mass is 210 g/mol. The Balaban J connectivity index is 1.96. The smallest absolute Gasteiger partial charge is 0.143 e. The van der Waals surface area contributed by atoms with Gasteiger partial charge in [-0.15, -0.1) is 0 Å². The Morgan fingerprint density at radius 3 is 2.47 bits per heavy atom. The molecule has 0 radical (unpaired) electrons. The molecule has 1 heteroatoms. The van der Waals surface area contributed by atoms with Crippen LogP contribution in [0.2, 0.25) is 0 Å². The molecule has 1 atom stereocenters. The third kappa shape index (κ3) is 5.34. The first-order chi connectivity index (χ1) is 7.36. The number of unbranched alkanes of at least 4 members (excludes halogenated alkanes) is 5. The molecule has 1 aliphatic heterocycles. The molecule has 1 heterocycles. The number of hydrogen-bond acceptors (Lipinski definition) is 0. The van der Waals surface area contributed by atoms with E-state index in [1.807, 2.05) is 0 Å². The molecule has 0 aromatic rings. The van der Waals surface area contributed by atoms with Crippen molar-refractivity contribution in [1.82, 2.24) is 0 Å². The van der Waals surface area contributed by atoms with Gasteiger partial charge in [0.2, 0.25) is 0 Å². The SMILES string of the molecule is CCCCCCCC[N+]1=CC(CC)CC1. The Labute approximate surface area is 95.6 Å². The van der Waals surface area contributed by atoms with Crippen molar-refractivity contribution in [2.75, 3.05) is 13.1 Å². The Morgan fingerprint density at radius 2 is 1.80 bits per heavy atom. The van der Waals surface area contributed by atoms with E-state index in [1.54, 1.807) is 0 Å². The lowest BCUT2D eigenvalue weighted by atomic mass is 10.1. The molecule has 0 bridgehead atoms. The summed E-state index contributed by atoms with van der Waals surface area (Å²) in [5, 5.41) is 0. The fraction of sp³-hybridized carbons (Fsp3) is 0.929. The molecule has 0 fully saturated rings. The molecule has 0 aromatic carbocycles. The van der Waals surface area contributed by atoms with Crippen molar-refractivity contribution < 1.29 is 4.58 Å². The highest BCUT2D eigenvalue weighted by Crippen LogP contribution is 2.12. The molecule has 1 aliphatic rings. The van der Waals surface area contributed by atoms with E-state index < -0.39 is 0 Å². The average molecular weight is 210 g/mol. The van der Waals surface area contributed by atoms with E-state index in [0.717, 1.165) is 5.92 Å². The van der Waals surface area contributed by atoms with Gasteiger partial charge in [0, 0.05) is 18.8 Å². The third-order valence-corrected chi connectivity index (χ3v) is 3.53. The van der Waals surface area contributed by atoms with Crippen LogP contribution in [0, 0.1) is 5.92 Å². The predicted octanol–water partition coefficient (Wildman–Crippen LogP) is 3.86. The van der Waals surface area contributed by atoms with Crippen molar-refractivity contribution in [3.05, 3.63) is 0 Å². The van der Waals surface area contributed by atoms with Crippen LogP contribution in [0.15, 0.2) is 0 Å². The summed E-state index contributed by atoms with van der Waals surface area (Å²) in [5.41, 5.74) is 0. The number of hydrogen-bond donors (Lipinski definition) is 0. The van der Waals surface area contributed by atoms with Gasteiger partial charge in [-0.3, -0.25) is 0 Å². The van der Waals surface area contributed by atoms with Gasteiger partial charge in [0.05, 0.1) is 0 Å². The summed E-state index contributed by atoms with van der Waals surface area (Å²) < 4.78 is 2.55. The first-order valence-electron chi connectivity index (χ1n) is 6.95. The summed E-state index contributed by atoms with van der Waals surface area (Å²) in [6, 6.07) is 0. The molecule has 0 spiro atoms. The maximum Gasteiger partial charge on any atom is 0.143 e. The maximum atomic E-state index is 2.55. The second-order valence-electron chi connectivity index (χ2n) is 4.91. The van der Waals surface area contributed by atoms with Crippen LogP contribution in [-0.4, -0.2) is 23.9 Å². The summed E-state index contributed by atoms with van der Waals surface area (Å²) in [4.78, 5) is 0. The molecule has 0 amide bonds. The fourth-order valence-corrected chi connectivity index (χ4v) is 2.37. The quantitative estimate of drug-likeness (QED) is 0.423. The van der Waals surface area contributed by atoms with Crippen molar-refractivity contribution in [2.45, 2.75) is 65.2 Å². The van der Waals surface area contributed by atoms with Crippen LogP contribution in [0.3, 0.4) is 0 Å². The highest BCUT2D eigenvalue weighted by Gasteiger charge is 2.19. The van der Waals surface area contributed by atoms with Gasteiger partial charge in [0.15, 0.2) is 0 Å². The number of nitrogens with zero attached hydrogens (tertiary/aromatic N) is 1. The van der Waals surface area contributed by atoms with Crippen LogP contribution < -0.4 is 0 Å². The lowest BCUT2D eigenvalue weighted by molar-refractivity contribution is -0.516. The van der Waals surface area contributed by atoms with Crippen molar-refractivity contribution in [3.8, 4) is 0 Å². The molecule has 1 rings (SSSR count). The van der Waals surface area contributed by atoms with Gasteiger partial charge < -0.3 is 0 Å². The van der Waals surface area contributed by atoms with Gasteiger partial charge in [-0.2, -0.15) is 0 Å². The van der Waals surface area contributed by atoms with Gasteiger partial charge in [-0.05, 0) is 12.8 Å². The van der Waals surface area contributed by atoms with Gasteiger partial charge in [0.1, 0.15) is 19.3 Å². The minimum Gasteiger partial charge on any atom is -0.239 e. The standard InChI is InChI=1S/C14H28N/c1-3-5-6-7-8-9-11-15-12-10-14(4-2)13-15/h13-14H,3-12H2,1-2H3/q+1. The van der Waals surface area contributed by atoms with Crippen molar-refractivity contribution in [1.29, 1.82) is 0 Å². The Hall–Kier alpha value is -0.330. The van der Waals surface area contributed by atoms with Crippen molar-refractivity contribution >= 4 is 6.21 Å². The first-order valence-corrected chi connectivity index (χ1v) is 6.95. The van der Waals surface area contributed by atoms with Crippen LogP contribution in [0.5, 0.6) is 0 Å². The van der Waals surface area contributed by atoms with Gasteiger partial charge in [-0.25, -0.2) is 4.58 Å². The molecular formula is C14H28N+. The van der Waals surface area contributed by atoms with E-state index in [-0.39, 0.29) is 0 Å². The zero-order valence-corrected chi connectivity index (χ0v) is 10.7. The Bertz CT molecular complexity index is 184. The Kier molecular flexibility index (Phi) is 6.71. The van der Waals surface area contributed by atoms with E-state index in [1.165, 1.54) is 64.5 Å². The lowest BCUT2D eigenvalue weighted by Crippen LogP contribution is -2.10. The predicted molar refractivity (Wildman–Crippen MR) is 67.8 cm³/mol. The largest absolute Gasteiger partial charge is 0.239 e. The average Bonchev–Trinajstić information content (AvgIpc) is 2.71. The Morgan fingerprint density at radius 1 is 1.07 bits per heavy atom. The van der Waals surface area contributed by atoms with E-state index in [2.05, 4.69) is 24.6 Å². The lowest BCUT2D eigenvalue weighted by Gasteiger charge is -1.99. The molecule has 1 unspecified atom stereocenters. The van der Waals surface area contributed by atoms with Crippen LogP contribution in [0.1, 0.15) is 65.2 Å². The van der Waals surface area contributed by atoms with Crippen LogP contribution in [0.4, 0.5) is 0 Å². The molecule has 0 saturated heterocycles. The zero-order valence-electron chi connectivity index (χ0n) is 10.7. The molecule has 15 heavy (non-hydrogen) atoms. The van der Waals surface area contributed by atoms with Gasteiger partial charge in [0.25, 0.3) is 0 Å². The number of rotatable bonds is 8. The zero-order chi connectivity index (χ0) is 10.9.